The van der Waals surface area contributed by atoms with Crippen molar-refractivity contribution in [2.75, 3.05) is 14.2 Å². The Hall–Kier alpha value is -1.77. The molecule has 3 heteroatoms. The normalized spacial score (nSPS) is 16.7. The lowest BCUT2D eigenvalue weighted by Gasteiger charge is -2.26. The van der Waals surface area contributed by atoms with Crippen LogP contribution in [-0.2, 0) is 4.79 Å². The molecular weight excluding hydrogens is 262 g/mol. The molecule has 0 aliphatic heterocycles. The number of ether oxygens (including phenoxy) is 1. The fourth-order valence-electron chi connectivity index (χ4n) is 2.86. The van der Waals surface area contributed by atoms with Gasteiger partial charge in [0.15, 0.2) is 0 Å². The van der Waals surface area contributed by atoms with Gasteiger partial charge in [-0.2, -0.15) is 0 Å². The highest BCUT2D eigenvalue weighted by Gasteiger charge is 2.19. The molecule has 1 aromatic carbocycles. The van der Waals surface area contributed by atoms with Crippen molar-refractivity contribution in [1.82, 2.24) is 4.90 Å². The van der Waals surface area contributed by atoms with Gasteiger partial charge in [-0.3, -0.25) is 4.79 Å². The summed E-state index contributed by atoms with van der Waals surface area (Å²) >= 11 is 0. The molecule has 114 valence electrons. The van der Waals surface area contributed by atoms with Gasteiger partial charge in [-0.05, 0) is 36.6 Å². The monoisotopic (exact) mass is 287 g/mol. The van der Waals surface area contributed by atoms with Crippen LogP contribution in [0.1, 0.15) is 44.1 Å². The zero-order valence-electron chi connectivity index (χ0n) is 13.0. The van der Waals surface area contributed by atoms with Gasteiger partial charge in [0.25, 0.3) is 0 Å². The highest BCUT2D eigenvalue weighted by molar-refractivity contribution is 5.91. The van der Waals surface area contributed by atoms with Crippen LogP contribution in [0.25, 0.3) is 6.08 Å². The first-order chi connectivity index (χ1) is 10.2. The van der Waals surface area contributed by atoms with Crippen molar-refractivity contribution < 1.29 is 9.53 Å². The van der Waals surface area contributed by atoms with Gasteiger partial charge in [-0.15, -0.1) is 0 Å². The zero-order valence-corrected chi connectivity index (χ0v) is 13.0. The zero-order chi connectivity index (χ0) is 15.1. The lowest BCUT2D eigenvalue weighted by atomic mass is 10.1. The molecule has 21 heavy (non-hydrogen) atoms. The number of hydrogen-bond acceptors (Lipinski definition) is 2. The number of nitrogens with zero attached hydrogens (tertiary/aromatic N) is 1. The number of carbonyl (C=O) groups is 1. The van der Waals surface area contributed by atoms with E-state index in [1.807, 2.05) is 42.3 Å². The minimum atomic E-state index is 0.0877. The first-order valence-corrected chi connectivity index (χ1v) is 7.79. The Morgan fingerprint density at radius 2 is 1.95 bits per heavy atom. The molecule has 0 aromatic heterocycles. The Kier molecular flexibility index (Phi) is 5.85. The van der Waals surface area contributed by atoms with Crippen molar-refractivity contribution in [2.24, 2.45) is 0 Å². The second-order valence-corrected chi connectivity index (χ2v) is 5.70. The number of hydrogen-bond donors (Lipinski definition) is 0. The molecule has 1 aliphatic rings. The minimum absolute atomic E-state index is 0.0877. The molecule has 1 saturated carbocycles. The summed E-state index contributed by atoms with van der Waals surface area (Å²) in [7, 11) is 3.57. The highest BCUT2D eigenvalue weighted by Crippen LogP contribution is 2.21. The van der Waals surface area contributed by atoms with Crippen molar-refractivity contribution in [3.8, 4) is 5.75 Å². The summed E-state index contributed by atoms with van der Waals surface area (Å²) in [6.45, 7) is 0. The van der Waals surface area contributed by atoms with E-state index in [0.29, 0.717) is 6.04 Å². The number of likely N-dealkylation sites (N-methyl/N-ethyl adjacent to an activating group) is 1. The van der Waals surface area contributed by atoms with E-state index in [4.69, 9.17) is 4.74 Å². The molecule has 0 spiro atoms. The molecule has 1 aromatic rings. The number of amides is 1. The van der Waals surface area contributed by atoms with Crippen molar-refractivity contribution in [2.45, 2.75) is 44.6 Å². The lowest BCUT2D eigenvalue weighted by molar-refractivity contribution is -0.126. The summed E-state index contributed by atoms with van der Waals surface area (Å²) in [5.41, 5.74) is 0.983. The van der Waals surface area contributed by atoms with Crippen LogP contribution < -0.4 is 4.74 Å². The molecule has 1 amide bonds. The van der Waals surface area contributed by atoms with Crippen molar-refractivity contribution in [1.29, 1.82) is 0 Å². The standard InChI is InChI=1S/C18H25NO2/c1-19(16-9-5-3-4-6-10-16)18(20)13-12-15-8-7-11-17(14-15)21-2/h7-8,11-14,16H,3-6,9-10H2,1-2H3/b13-12+. The molecule has 2 rings (SSSR count). The van der Waals surface area contributed by atoms with E-state index in [2.05, 4.69) is 0 Å². The highest BCUT2D eigenvalue weighted by atomic mass is 16.5. The Labute approximate surface area is 127 Å². The first kappa shape index (κ1) is 15.6. The minimum Gasteiger partial charge on any atom is -0.497 e. The van der Waals surface area contributed by atoms with Crippen LogP contribution in [0, 0.1) is 0 Å². The molecule has 0 N–H and O–H groups in total. The molecule has 3 nitrogen and oxygen atoms in total. The molecular formula is C18H25NO2. The summed E-state index contributed by atoms with van der Waals surface area (Å²) in [6.07, 6.45) is 10.9. The summed E-state index contributed by atoms with van der Waals surface area (Å²) in [6, 6.07) is 8.12. The van der Waals surface area contributed by atoms with E-state index in [-0.39, 0.29) is 5.91 Å². The van der Waals surface area contributed by atoms with Crippen LogP contribution in [0.5, 0.6) is 5.75 Å². The van der Waals surface area contributed by atoms with Crippen LogP contribution in [0.3, 0.4) is 0 Å². The van der Waals surface area contributed by atoms with Crippen LogP contribution in [-0.4, -0.2) is 31.0 Å². The predicted molar refractivity (Wildman–Crippen MR) is 86.3 cm³/mol. The maximum atomic E-state index is 12.3. The van der Waals surface area contributed by atoms with Gasteiger partial charge in [-0.25, -0.2) is 0 Å². The summed E-state index contributed by atoms with van der Waals surface area (Å²) < 4.78 is 5.19. The van der Waals surface area contributed by atoms with Gasteiger partial charge in [-0.1, -0.05) is 37.8 Å². The Balaban J connectivity index is 1.97. The number of benzene rings is 1. The van der Waals surface area contributed by atoms with Crippen LogP contribution in [0.15, 0.2) is 30.3 Å². The van der Waals surface area contributed by atoms with E-state index in [9.17, 15) is 4.79 Å². The van der Waals surface area contributed by atoms with Crippen molar-refractivity contribution in [3.63, 3.8) is 0 Å². The molecule has 0 atom stereocenters. The van der Waals surface area contributed by atoms with E-state index in [1.165, 1.54) is 25.7 Å². The van der Waals surface area contributed by atoms with Crippen molar-refractivity contribution >= 4 is 12.0 Å². The smallest absolute Gasteiger partial charge is 0.246 e. The van der Waals surface area contributed by atoms with Gasteiger partial charge in [0.2, 0.25) is 5.91 Å². The van der Waals surface area contributed by atoms with Crippen LogP contribution in [0.2, 0.25) is 0 Å². The van der Waals surface area contributed by atoms with Crippen LogP contribution >= 0.6 is 0 Å². The van der Waals surface area contributed by atoms with Crippen LogP contribution in [0.4, 0.5) is 0 Å². The van der Waals surface area contributed by atoms with Gasteiger partial charge in [0.05, 0.1) is 7.11 Å². The molecule has 0 unspecified atom stereocenters. The number of carbonyl (C=O) groups excluding carboxylic acids is 1. The number of methoxy groups -OCH3 is 1. The second-order valence-electron chi connectivity index (χ2n) is 5.70. The third-order valence-corrected chi connectivity index (χ3v) is 4.23. The number of rotatable bonds is 4. The summed E-state index contributed by atoms with van der Waals surface area (Å²) in [5.74, 6) is 0.895. The van der Waals surface area contributed by atoms with E-state index >= 15 is 0 Å². The summed E-state index contributed by atoms with van der Waals surface area (Å²) in [5, 5.41) is 0. The molecule has 0 saturated heterocycles. The van der Waals surface area contributed by atoms with Crippen molar-refractivity contribution in [3.05, 3.63) is 35.9 Å². The van der Waals surface area contributed by atoms with E-state index in [1.54, 1.807) is 13.2 Å². The average Bonchev–Trinajstić information content (AvgIpc) is 2.81. The quantitative estimate of drug-likeness (QED) is 0.621. The van der Waals surface area contributed by atoms with E-state index in [0.717, 1.165) is 24.2 Å². The van der Waals surface area contributed by atoms with Gasteiger partial charge >= 0.3 is 0 Å². The third-order valence-electron chi connectivity index (χ3n) is 4.23. The fourth-order valence-corrected chi connectivity index (χ4v) is 2.86. The van der Waals surface area contributed by atoms with Gasteiger partial charge in [0, 0.05) is 19.2 Å². The fraction of sp³-hybridized carbons (Fsp3) is 0.500. The molecule has 0 bridgehead atoms. The SMILES string of the molecule is COc1cccc(/C=C/C(=O)N(C)C2CCCCCC2)c1. The Bertz CT molecular complexity index is 488. The summed E-state index contributed by atoms with van der Waals surface area (Å²) in [4.78, 5) is 14.2. The van der Waals surface area contributed by atoms with Gasteiger partial charge in [0.1, 0.15) is 5.75 Å². The first-order valence-electron chi connectivity index (χ1n) is 7.79. The predicted octanol–water partition coefficient (Wildman–Crippen LogP) is 3.89. The molecule has 0 heterocycles. The second kappa shape index (κ2) is 7.87. The lowest BCUT2D eigenvalue weighted by Crippen LogP contribution is -2.35. The van der Waals surface area contributed by atoms with E-state index < -0.39 is 0 Å². The maximum absolute atomic E-state index is 12.3. The Morgan fingerprint density at radius 1 is 1.24 bits per heavy atom. The molecule has 1 aliphatic carbocycles. The topological polar surface area (TPSA) is 29.5 Å². The molecule has 1 fully saturated rings. The maximum Gasteiger partial charge on any atom is 0.246 e. The third kappa shape index (κ3) is 4.62. The Morgan fingerprint density at radius 3 is 2.62 bits per heavy atom. The largest absolute Gasteiger partial charge is 0.497 e. The van der Waals surface area contributed by atoms with Gasteiger partial charge < -0.3 is 9.64 Å². The average molecular weight is 287 g/mol. The molecule has 0 radical (unpaired) electrons.